The molecule has 1 aliphatic heterocycles. The Morgan fingerprint density at radius 3 is 2.38 bits per heavy atom. The van der Waals surface area contributed by atoms with Gasteiger partial charge in [0.05, 0.1) is 17.8 Å². The minimum Gasteiger partial charge on any atom is -0.342 e. The van der Waals surface area contributed by atoms with Gasteiger partial charge in [-0.15, -0.1) is 0 Å². The summed E-state index contributed by atoms with van der Waals surface area (Å²) in [6, 6.07) is 7.33. The van der Waals surface area contributed by atoms with Crippen molar-refractivity contribution in [2.45, 2.75) is 31.9 Å². The van der Waals surface area contributed by atoms with Crippen LogP contribution in [0, 0.1) is 5.82 Å². The maximum absolute atomic E-state index is 13.6. The van der Waals surface area contributed by atoms with Crippen LogP contribution in [0.1, 0.15) is 30.7 Å². The van der Waals surface area contributed by atoms with Crippen LogP contribution < -0.4 is 0 Å². The molecule has 1 aliphatic rings. The first kappa shape index (κ1) is 19.4. The van der Waals surface area contributed by atoms with Crippen molar-refractivity contribution in [3.63, 3.8) is 0 Å². The summed E-state index contributed by atoms with van der Waals surface area (Å²) in [6.45, 7) is 1.32. The van der Waals surface area contributed by atoms with Crippen molar-refractivity contribution in [1.29, 1.82) is 0 Å². The zero-order valence-electron chi connectivity index (χ0n) is 15.4. The molecule has 1 aromatic carbocycles. The Labute approximate surface area is 164 Å². The van der Waals surface area contributed by atoms with E-state index in [1.165, 1.54) is 18.2 Å². The first-order chi connectivity index (χ1) is 13.8. The van der Waals surface area contributed by atoms with Crippen LogP contribution in [0.3, 0.4) is 0 Å². The van der Waals surface area contributed by atoms with E-state index < -0.39 is 17.7 Å². The monoisotopic (exact) mass is 406 g/mol. The number of alkyl halides is 3. The molecule has 3 heterocycles. The lowest BCUT2D eigenvalue weighted by Gasteiger charge is -2.26. The largest absolute Gasteiger partial charge is 0.433 e. The Morgan fingerprint density at radius 2 is 1.72 bits per heavy atom. The van der Waals surface area contributed by atoms with E-state index in [-0.39, 0.29) is 29.4 Å². The molecule has 4 rings (SSSR count). The fourth-order valence-electron chi connectivity index (χ4n) is 3.49. The molecule has 3 aromatic rings. The molecule has 29 heavy (non-hydrogen) atoms. The Morgan fingerprint density at radius 1 is 1.03 bits per heavy atom. The summed E-state index contributed by atoms with van der Waals surface area (Å²) >= 11 is 0. The van der Waals surface area contributed by atoms with E-state index in [0.717, 1.165) is 37.5 Å². The maximum Gasteiger partial charge on any atom is 0.433 e. The SMILES string of the molecule is O=C(Cc1cc2nc(-c3ccc(F)cc3)cc(C(F)(F)F)n2n1)N1CCCCC1. The summed E-state index contributed by atoms with van der Waals surface area (Å²) in [5.74, 6) is -0.644. The van der Waals surface area contributed by atoms with Crippen LogP contribution >= 0.6 is 0 Å². The maximum atomic E-state index is 13.6. The highest BCUT2D eigenvalue weighted by Crippen LogP contribution is 2.32. The van der Waals surface area contributed by atoms with Crippen molar-refractivity contribution in [1.82, 2.24) is 19.5 Å². The van der Waals surface area contributed by atoms with Crippen LogP contribution in [0.4, 0.5) is 17.6 Å². The highest BCUT2D eigenvalue weighted by Gasteiger charge is 2.35. The predicted octanol–water partition coefficient (Wildman–Crippen LogP) is 4.11. The first-order valence-electron chi connectivity index (χ1n) is 9.32. The summed E-state index contributed by atoms with van der Waals surface area (Å²) in [4.78, 5) is 18.4. The van der Waals surface area contributed by atoms with E-state index in [4.69, 9.17) is 0 Å². The fraction of sp³-hybridized carbons (Fsp3) is 0.350. The number of fused-ring (bicyclic) bond motifs is 1. The normalized spacial score (nSPS) is 15.1. The quantitative estimate of drug-likeness (QED) is 0.615. The van der Waals surface area contributed by atoms with E-state index in [2.05, 4.69) is 10.1 Å². The molecule has 0 N–H and O–H groups in total. The molecule has 0 spiro atoms. The first-order valence-corrected chi connectivity index (χ1v) is 9.32. The van der Waals surface area contributed by atoms with Gasteiger partial charge in [0, 0.05) is 24.7 Å². The third-order valence-electron chi connectivity index (χ3n) is 4.95. The number of amides is 1. The van der Waals surface area contributed by atoms with E-state index in [9.17, 15) is 22.4 Å². The van der Waals surface area contributed by atoms with Crippen LogP contribution in [0.2, 0.25) is 0 Å². The van der Waals surface area contributed by atoms with Gasteiger partial charge in [-0.25, -0.2) is 13.9 Å². The van der Waals surface area contributed by atoms with Crippen LogP contribution in [0.25, 0.3) is 16.9 Å². The van der Waals surface area contributed by atoms with Crippen LogP contribution in [-0.2, 0) is 17.4 Å². The molecule has 0 saturated carbocycles. The molecule has 9 heteroatoms. The lowest BCUT2D eigenvalue weighted by molar-refractivity contribution is -0.142. The molecule has 1 fully saturated rings. The van der Waals surface area contributed by atoms with E-state index in [1.54, 1.807) is 4.90 Å². The second-order valence-electron chi connectivity index (χ2n) is 7.06. The van der Waals surface area contributed by atoms with E-state index >= 15 is 0 Å². The van der Waals surface area contributed by atoms with Gasteiger partial charge in [-0.1, -0.05) is 0 Å². The van der Waals surface area contributed by atoms with E-state index in [1.807, 2.05) is 0 Å². The Balaban J connectivity index is 1.72. The molecule has 0 bridgehead atoms. The molecule has 1 saturated heterocycles. The Bertz CT molecular complexity index is 1040. The highest BCUT2D eigenvalue weighted by molar-refractivity contribution is 5.78. The number of hydrogen-bond donors (Lipinski definition) is 0. The Kier molecular flexibility index (Phi) is 4.97. The third-order valence-corrected chi connectivity index (χ3v) is 4.95. The van der Waals surface area contributed by atoms with Crippen LogP contribution in [-0.4, -0.2) is 38.5 Å². The molecule has 5 nitrogen and oxygen atoms in total. The molecular formula is C20H18F4N4O. The lowest BCUT2D eigenvalue weighted by atomic mass is 10.1. The summed E-state index contributed by atoms with van der Waals surface area (Å²) < 4.78 is 54.7. The zero-order valence-corrected chi connectivity index (χ0v) is 15.4. The molecule has 0 radical (unpaired) electrons. The summed E-state index contributed by atoms with van der Waals surface area (Å²) in [5, 5.41) is 3.99. The molecule has 0 aliphatic carbocycles. The van der Waals surface area contributed by atoms with Gasteiger partial charge in [-0.05, 0) is 49.6 Å². The van der Waals surface area contributed by atoms with Crippen molar-refractivity contribution >= 4 is 11.6 Å². The van der Waals surface area contributed by atoms with Crippen molar-refractivity contribution in [3.05, 3.63) is 53.6 Å². The average Bonchev–Trinajstić information content (AvgIpc) is 3.09. The minimum atomic E-state index is -4.67. The number of carbonyl (C=O) groups is 1. The van der Waals surface area contributed by atoms with Gasteiger partial charge < -0.3 is 4.90 Å². The van der Waals surface area contributed by atoms with E-state index in [0.29, 0.717) is 23.2 Å². The van der Waals surface area contributed by atoms with Crippen molar-refractivity contribution < 1.29 is 22.4 Å². The van der Waals surface area contributed by atoms with Gasteiger partial charge in [0.2, 0.25) is 5.91 Å². The van der Waals surface area contributed by atoms with Crippen LogP contribution in [0.15, 0.2) is 36.4 Å². The standard InChI is InChI=1S/C20H18F4N4O/c21-14-6-4-13(5-7-14)16-12-17(20(22,23)24)28-18(25-16)10-15(26-28)11-19(29)27-8-2-1-3-9-27/h4-7,10,12H,1-3,8-9,11H2. The second kappa shape index (κ2) is 7.46. The molecule has 1 amide bonds. The predicted molar refractivity (Wildman–Crippen MR) is 97.5 cm³/mol. The highest BCUT2D eigenvalue weighted by atomic mass is 19.4. The van der Waals surface area contributed by atoms with Gasteiger partial charge in [0.25, 0.3) is 0 Å². The number of rotatable bonds is 3. The number of halogens is 4. The number of hydrogen-bond acceptors (Lipinski definition) is 3. The summed E-state index contributed by atoms with van der Waals surface area (Å²) in [7, 11) is 0. The van der Waals surface area contributed by atoms with Gasteiger partial charge in [0.1, 0.15) is 5.82 Å². The molecular weight excluding hydrogens is 388 g/mol. The number of nitrogens with zero attached hydrogens (tertiary/aromatic N) is 4. The Hall–Kier alpha value is -2.97. The topological polar surface area (TPSA) is 50.5 Å². The molecule has 0 unspecified atom stereocenters. The van der Waals surface area contributed by atoms with Gasteiger partial charge in [0.15, 0.2) is 11.3 Å². The van der Waals surface area contributed by atoms with Crippen LogP contribution in [0.5, 0.6) is 0 Å². The fourth-order valence-corrected chi connectivity index (χ4v) is 3.49. The number of aromatic nitrogens is 3. The number of carbonyl (C=O) groups excluding carboxylic acids is 1. The van der Waals surface area contributed by atoms with Gasteiger partial charge in [-0.3, -0.25) is 4.79 Å². The number of likely N-dealkylation sites (tertiary alicyclic amines) is 1. The molecule has 0 atom stereocenters. The van der Waals surface area contributed by atoms with Gasteiger partial charge >= 0.3 is 6.18 Å². The lowest BCUT2D eigenvalue weighted by Crippen LogP contribution is -2.36. The zero-order chi connectivity index (χ0) is 20.6. The summed E-state index contributed by atoms with van der Waals surface area (Å²) in [5.41, 5.74) is -0.376. The summed E-state index contributed by atoms with van der Waals surface area (Å²) in [6.07, 6.45) is -1.82. The van der Waals surface area contributed by atoms with Gasteiger partial charge in [-0.2, -0.15) is 18.3 Å². The third kappa shape index (κ3) is 4.08. The average molecular weight is 406 g/mol. The number of piperidine rings is 1. The number of benzene rings is 1. The molecule has 2 aromatic heterocycles. The minimum absolute atomic E-state index is 0.0133. The van der Waals surface area contributed by atoms with Crippen molar-refractivity contribution in [3.8, 4) is 11.3 Å². The second-order valence-corrected chi connectivity index (χ2v) is 7.06. The van der Waals surface area contributed by atoms with Crippen molar-refractivity contribution in [2.24, 2.45) is 0 Å². The molecule has 152 valence electrons. The smallest absolute Gasteiger partial charge is 0.342 e. The van der Waals surface area contributed by atoms with Crippen molar-refractivity contribution in [2.75, 3.05) is 13.1 Å².